The molecule has 1 unspecified atom stereocenters. The van der Waals surface area contributed by atoms with E-state index in [2.05, 4.69) is 0 Å². The van der Waals surface area contributed by atoms with Crippen LogP contribution < -0.4 is 4.74 Å². The summed E-state index contributed by atoms with van der Waals surface area (Å²) in [6, 6.07) is 7.20. The number of benzene rings is 2. The van der Waals surface area contributed by atoms with Gasteiger partial charge in [-0.25, -0.2) is 8.78 Å². The molecular formula is C21H22ClF5O2. The highest BCUT2D eigenvalue weighted by atomic mass is 35.5. The van der Waals surface area contributed by atoms with Crippen LogP contribution in [0.15, 0.2) is 36.4 Å². The van der Waals surface area contributed by atoms with Gasteiger partial charge in [-0.3, -0.25) is 0 Å². The second-order valence-corrected chi connectivity index (χ2v) is 8.09. The third-order valence-corrected chi connectivity index (χ3v) is 5.25. The third kappa shape index (κ3) is 5.39. The number of aryl methyl sites for hydroxylation is 1. The molecule has 2 aromatic rings. The SMILES string of the molecule is COc1ccc(F)cc1C(C)(C)CC(O)(CCc1ccc(F)c(Cl)c1)C(F)(F)F. The first-order valence-electron chi connectivity index (χ1n) is 8.86. The Bertz CT molecular complexity index is 867. The second kappa shape index (κ2) is 8.48. The maximum absolute atomic E-state index is 13.8. The van der Waals surface area contributed by atoms with Crippen LogP contribution in [0.25, 0.3) is 0 Å². The molecule has 0 aliphatic carbocycles. The molecule has 29 heavy (non-hydrogen) atoms. The smallest absolute Gasteiger partial charge is 0.417 e. The van der Waals surface area contributed by atoms with Gasteiger partial charge in [0.1, 0.15) is 17.4 Å². The van der Waals surface area contributed by atoms with Crippen LogP contribution in [0.5, 0.6) is 5.75 Å². The van der Waals surface area contributed by atoms with E-state index < -0.39 is 41.7 Å². The van der Waals surface area contributed by atoms with Crippen molar-refractivity contribution < 1.29 is 31.8 Å². The highest BCUT2D eigenvalue weighted by molar-refractivity contribution is 6.30. The molecule has 0 saturated carbocycles. The third-order valence-electron chi connectivity index (χ3n) is 4.96. The first kappa shape index (κ1) is 23.4. The normalized spacial score (nSPS) is 14.6. The summed E-state index contributed by atoms with van der Waals surface area (Å²) in [4.78, 5) is 0. The van der Waals surface area contributed by atoms with Crippen molar-refractivity contribution in [2.45, 2.75) is 50.3 Å². The van der Waals surface area contributed by atoms with Crippen LogP contribution >= 0.6 is 11.6 Å². The zero-order chi connectivity index (χ0) is 22.0. The van der Waals surface area contributed by atoms with Crippen molar-refractivity contribution in [3.8, 4) is 5.75 Å². The lowest BCUT2D eigenvalue weighted by Gasteiger charge is -2.38. The minimum atomic E-state index is -4.94. The number of hydrogen-bond acceptors (Lipinski definition) is 2. The second-order valence-electron chi connectivity index (χ2n) is 7.68. The Labute approximate surface area is 171 Å². The molecule has 2 rings (SSSR count). The molecule has 0 bridgehead atoms. The molecule has 0 radical (unpaired) electrons. The Morgan fingerprint density at radius 2 is 1.69 bits per heavy atom. The van der Waals surface area contributed by atoms with Crippen molar-refractivity contribution in [3.63, 3.8) is 0 Å². The van der Waals surface area contributed by atoms with Crippen molar-refractivity contribution in [1.82, 2.24) is 0 Å². The lowest BCUT2D eigenvalue weighted by Crippen LogP contribution is -2.49. The van der Waals surface area contributed by atoms with Gasteiger partial charge in [-0.05, 0) is 60.6 Å². The summed E-state index contributed by atoms with van der Waals surface area (Å²) in [7, 11) is 1.33. The summed E-state index contributed by atoms with van der Waals surface area (Å²) in [6.45, 7) is 2.96. The Kier molecular flexibility index (Phi) is 6.85. The fourth-order valence-corrected chi connectivity index (χ4v) is 3.62. The standard InChI is InChI=1S/C21H22ClF5O2/c1-19(2,15-11-14(23)5-7-18(15)29-3)12-20(28,21(25,26)27)9-8-13-4-6-17(24)16(22)10-13/h4-7,10-11,28H,8-9,12H2,1-3H3. The summed E-state index contributed by atoms with van der Waals surface area (Å²) < 4.78 is 73.6. The summed E-state index contributed by atoms with van der Waals surface area (Å²) >= 11 is 5.68. The molecule has 0 saturated heterocycles. The Hall–Kier alpha value is -1.86. The predicted octanol–water partition coefficient (Wildman–Crippen LogP) is 6.22. The van der Waals surface area contributed by atoms with Gasteiger partial charge in [0, 0.05) is 5.56 Å². The number of rotatable bonds is 7. The largest absolute Gasteiger partial charge is 0.496 e. The van der Waals surface area contributed by atoms with Crippen molar-refractivity contribution >= 4 is 11.6 Å². The predicted molar refractivity (Wildman–Crippen MR) is 101 cm³/mol. The van der Waals surface area contributed by atoms with E-state index in [0.29, 0.717) is 5.56 Å². The fourth-order valence-electron chi connectivity index (χ4n) is 3.41. The molecule has 160 valence electrons. The van der Waals surface area contributed by atoms with Crippen LogP contribution in [0.3, 0.4) is 0 Å². The van der Waals surface area contributed by atoms with Gasteiger partial charge in [0.15, 0.2) is 5.60 Å². The summed E-state index contributed by atoms with van der Waals surface area (Å²) in [6.07, 6.45) is -6.50. The lowest BCUT2D eigenvalue weighted by atomic mass is 9.73. The average Bonchev–Trinajstić information content (AvgIpc) is 2.61. The van der Waals surface area contributed by atoms with Crippen molar-refractivity contribution in [2.24, 2.45) is 0 Å². The van der Waals surface area contributed by atoms with E-state index in [1.807, 2.05) is 0 Å². The molecular weight excluding hydrogens is 415 g/mol. The molecule has 0 spiro atoms. The van der Waals surface area contributed by atoms with Crippen LogP contribution in [0.4, 0.5) is 22.0 Å². The molecule has 0 heterocycles. The number of ether oxygens (including phenoxy) is 1. The Balaban J connectivity index is 2.34. The van der Waals surface area contributed by atoms with Gasteiger partial charge in [-0.15, -0.1) is 0 Å². The Morgan fingerprint density at radius 3 is 2.24 bits per heavy atom. The van der Waals surface area contributed by atoms with Crippen LogP contribution in [0, 0.1) is 11.6 Å². The van der Waals surface area contributed by atoms with E-state index in [9.17, 15) is 27.1 Å². The van der Waals surface area contributed by atoms with Gasteiger partial charge in [-0.1, -0.05) is 31.5 Å². The van der Waals surface area contributed by atoms with E-state index in [4.69, 9.17) is 16.3 Å². The maximum Gasteiger partial charge on any atom is 0.417 e. The summed E-state index contributed by atoms with van der Waals surface area (Å²) in [5.41, 5.74) is -3.75. The number of hydrogen-bond donors (Lipinski definition) is 1. The van der Waals surface area contributed by atoms with Gasteiger partial charge in [0.05, 0.1) is 12.1 Å². The number of alkyl halides is 3. The summed E-state index contributed by atoms with van der Waals surface area (Å²) in [5, 5.41) is 10.4. The number of aliphatic hydroxyl groups is 1. The fraction of sp³-hybridized carbons (Fsp3) is 0.429. The molecule has 2 nitrogen and oxygen atoms in total. The highest BCUT2D eigenvalue weighted by Gasteiger charge is 2.55. The van der Waals surface area contributed by atoms with E-state index in [1.54, 1.807) is 0 Å². The van der Waals surface area contributed by atoms with Crippen LogP contribution in [-0.4, -0.2) is 24.0 Å². The number of halogens is 6. The van der Waals surface area contributed by atoms with Crippen molar-refractivity contribution in [1.29, 1.82) is 0 Å². The van der Waals surface area contributed by atoms with E-state index in [1.165, 1.54) is 39.2 Å². The minimum absolute atomic E-state index is 0.174. The monoisotopic (exact) mass is 436 g/mol. The minimum Gasteiger partial charge on any atom is -0.496 e. The molecule has 0 amide bonds. The molecule has 8 heteroatoms. The van der Waals surface area contributed by atoms with Gasteiger partial charge in [0.25, 0.3) is 0 Å². The Morgan fingerprint density at radius 1 is 1.03 bits per heavy atom. The average molecular weight is 437 g/mol. The molecule has 2 aromatic carbocycles. The lowest BCUT2D eigenvalue weighted by molar-refractivity contribution is -0.269. The topological polar surface area (TPSA) is 29.5 Å². The first-order chi connectivity index (χ1) is 13.3. The molecule has 0 fully saturated rings. The zero-order valence-corrected chi connectivity index (χ0v) is 17.0. The highest BCUT2D eigenvalue weighted by Crippen LogP contribution is 2.45. The van der Waals surface area contributed by atoms with Crippen molar-refractivity contribution in [3.05, 3.63) is 64.2 Å². The molecule has 1 N–H and O–H groups in total. The summed E-state index contributed by atoms with van der Waals surface area (Å²) in [5.74, 6) is -1.07. The number of methoxy groups -OCH3 is 1. The van der Waals surface area contributed by atoms with E-state index in [-0.39, 0.29) is 22.8 Å². The molecule has 1 atom stereocenters. The van der Waals surface area contributed by atoms with Gasteiger partial charge >= 0.3 is 6.18 Å². The quantitative estimate of drug-likeness (QED) is 0.522. The maximum atomic E-state index is 13.8. The molecule has 0 aliphatic heterocycles. The van der Waals surface area contributed by atoms with Crippen LogP contribution in [0.1, 0.15) is 37.8 Å². The van der Waals surface area contributed by atoms with E-state index in [0.717, 1.165) is 18.2 Å². The zero-order valence-electron chi connectivity index (χ0n) is 16.2. The van der Waals surface area contributed by atoms with E-state index >= 15 is 0 Å². The van der Waals surface area contributed by atoms with Crippen LogP contribution in [0.2, 0.25) is 5.02 Å². The first-order valence-corrected chi connectivity index (χ1v) is 9.24. The van der Waals surface area contributed by atoms with Crippen LogP contribution in [-0.2, 0) is 11.8 Å². The van der Waals surface area contributed by atoms with Crippen molar-refractivity contribution in [2.75, 3.05) is 7.11 Å². The van der Waals surface area contributed by atoms with Gasteiger partial charge in [-0.2, -0.15) is 13.2 Å². The molecule has 0 aliphatic rings. The molecule has 0 aromatic heterocycles. The van der Waals surface area contributed by atoms with Gasteiger partial charge < -0.3 is 9.84 Å². The van der Waals surface area contributed by atoms with Gasteiger partial charge in [0.2, 0.25) is 0 Å².